The molecule has 7 nitrogen and oxygen atoms in total. The summed E-state index contributed by atoms with van der Waals surface area (Å²) < 4.78 is 54.8. The zero-order valence-electron chi connectivity index (χ0n) is 11.4. The number of sulfonamides is 1. The van der Waals surface area contributed by atoms with Gasteiger partial charge in [-0.05, 0) is 18.2 Å². The molecule has 0 aliphatic rings. The van der Waals surface area contributed by atoms with Gasteiger partial charge in [0.05, 0.1) is 0 Å². The second-order valence-corrected chi connectivity index (χ2v) is 6.06. The number of rotatable bonds is 4. The van der Waals surface area contributed by atoms with E-state index in [0.29, 0.717) is 11.9 Å². The third-order valence-corrected chi connectivity index (χ3v) is 4.21. The quantitative estimate of drug-likeness (QED) is 0.783. The van der Waals surface area contributed by atoms with Crippen molar-refractivity contribution in [2.75, 3.05) is 4.72 Å². The van der Waals surface area contributed by atoms with Gasteiger partial charge in [0.2, 0.25) is 0 Å². The Bertz CT molecular complexity index is 945. The first kappa shape index (κ1) is 15.0. The summed E-state index contributed by atoms with van der Waals surface area (Å²) >= 11 is 0. The van der Waals surface area contributed by atoms with Crippen molar-refractivity contribution in [2.45, 2.75) is 4.90 Å². The van der Waals surface area contributed by atoms with Gasteiger partial charge in [0, 0.05) is 18.5 Å². The summed E-state index contributed by atoms with van der Waals surface area (Å²) in [6.45, 7) is 0. The van der Waals surface area contributed by atoms with Crippen molar-refractivity contribution in [2.24, 2.45) is 0 Å². The van der Waals surface area contributed by atoms with Crippen LogP contribution in [0.1, 0.15) is 0 Å². The Morgan fingerprint density at radius 3 is 2.70 bits per heavy atom. The first-order valence-electron chi connectivity index (χ1n) is 6.24. The Labute approximate surface area is 129 Å². The van der Waals surface area contributed by atoms with Crippen LogP contribution in [0.4, 0.5) is 14.6 Å². The van der Waals surface area contributed by atoms with Crippen molar-refractivity contribution >= 4 is 15.8 Å². The summed E-state index contributed by atoms with van der Waals surface area (Å²) in [5.41, 5.74) is 0. The predicted molar refractivity (Wildman–Crippen MR) is 76.3 cm³/mol. The minimum atomic E-state index is -4.33. The van der Waals surface area contributed by atoms with Crippen LogP contribution in [0.5, 0.6) is 0 Å². The highest BCUT2D eigenvalue weighted by atomic mass is 32.2. The van der Waals surface area contributed by atoms with Crippen LogP contribution in [0.2, 0.25) is 0 Å². The Hall–Kier alpha value is -2.88. The van der Waals surface area contributed by atoms with Crippen LogP contribution in [0, 0.1) is 11.6 Å². The first-order valence-corrected chi connectivity index (χ1v) is 7.72. The molecular formula is C13H9F2N5O2S. The number of anilines is 1. The Kier molecular flexibility index (Phi) is 3.74. The van der Waals surface area contributed by atoms with Gasteiger partial charge in [0.25, 0.3) is 10.0 Å². The lowest BCUT2D eigenvalue weighted by molar-refractivity contribution is 0.555. The molecule has 0 unspecified atom stereocenters. The molecule has 0 amide bonds. The molecule has 10 heteroatoms. The third kappa shape index (κ3) is 3.16. The molecule has 2 aromatic heterocycles. The molecule has 2 heterocycles. The largest absolute Gasteiger partial charge is 0.290 e. The third-order valence-electron chi connectivity index (χ3n) is 2.84. The van der Waals surface area contributed by atoms with Gasteiger partial charge >= 0.3 is 0 Å². The van der Waals surface area contributed by atoms with Crippen molar-refractivity contribution < 1.29 is 17.2 Å². The second-order valence-electron chi connectivity index (χ2n) is 4.41. The summed E-state index contributed by atoms with van der Waals surface area (Å²) in [5, 5.41) is 0. The van der Waals surface area contributed by atoms with Crippen LogP contribution in [0.15, 0.2) is 54.2 Å². The number of aromatic nitrogens is 4. The molecule has 0 fully saturated rings. The maximum absolute atomic E-state index is 13.6. The van der Waals surface area contributed by atoms with Gasteiger partial charge < -0.3 is 0 Å². The minimum Gasteiger partial charge on any atom is -0.290 e. The number of benzene rings is 1. The monoisotopic (exact) mass is 337 g/mol. The molecule has 3 aromatic rings. The van der Waals surface area contributed by atoms with E-state index < -0.39 is 26.6 Å². The SMILES string of the molecule is O=S(=O)(Nc1cc(-n2ccnc2)ncn1)c1cc(F)ccc1F. The molecule has 23 heavy (non-hydrogen) atoms. The van der Waals surface area contributed by atoms with Crippen LogP contribution >= 0.6 is 0 Å². The fourth-order valence-electron chi connectivity index (χ4n) is 1.81. The van der Waals surface area contributed by atoms with Crippen LogP contribution in [-0.2, 0) is 10.0 Å². The lowest BCUT2D eigenvalue weighted by Gasteiger charge is -2.09. The van der Waals surface area contributed by atoms with Gasteiger partial charge in [-0.25, -0.2) is 32.2 Å². The standard InChI is InChI=1S/C13H9F2N5O2S/c14-9-1-2-10(15)11(5-9)23(21,22)19-12-6-13(18-7-17-12)20-4-3-16-8-20/h1-8H,(H,17,18,19). The molecule has 0 aliphatic carbocycles. The highest BCUT2D eigenvalue weighted by molar-refractivity contribution is 7.92. The fraction of sp³-hybridized carbons (Fsp3) is 0. The highest BCUT2D eigenvalue weighted by Crippen LogP contribution is 2.19. The van der Waals surface area contributed by atoms with E-state index in [1.165, 1.54) is 23.2 Å². The molecule has 0 saturated heterocycles. The summed E-state index contributed by atoms with van der Waals surface area (Å²) in [5.74, 6) is -1.67. The van der Waals surface area contributed by atoms with E-state index in [9.17, 15) is 17.2 Å². The van der Waals surface area contributed by atoms with Crippen molar-refractivity contribution in [3.05, 3.63) is 60.9 Å². The van der Waals surface area contributed by atoms with E-state index in [1.807, 2.05) is 0 Å². The zero-order valence-corrected chi connectivity index (χ0v) is 12.2. The van der Waals surface area contributed by atoms with Gasteiger partial charge in [0.1, 0.15) is 40.8 Å². The van der Waals surface area contributed by atoms with Gasteiger partial charge in [-0.2, -0.15) is 0 Å². The first-order chi connectivity index (χ1) is 11.0. The smallest absolute Gasteiger partial charge is 0.266 e. The zero-order chi connectivity index (χ0) is 16.4. The minimum absolute atomic E-state index is 0.0904. The lowest BCUT2D eigenvalue weighted by atomic mass is 10.3. The molecule has 1 aromatic carbocycles. The van der Waals surface area contributed by atoms with Gasteiger partial charge in [0.15, 0.2) is 0 Å². The average molecular weight is 337 g/mol. The van der Waals surface area contributed by atoms with Crippen molar-refractivity contribution in [3.63, 3.8) is 0 Å². The van der Waals surface area contributed by atoms with E-state index in [0.717, 1.165) is 18.5 Å². The van der Waals surface area contributed by atoms with E-state index in [1.54, 1.807) is 6.20 Å². The number of nitrogens with one attached hydrogen (secondary N) is 1. The molecule has 118 valence electrons. The summed E-state index contributed by atoms with van der Waals surface area (Å²) in [7, 11) is -4.33. The highest BCUT2D eigenvalue weighted by Gasteiger charge is 2.21. The molecule has 3 rings (SSSR count). The Balaban J connectivity index is 1.95. The maximum atomic E-state index is 13.6. The van der Waals surface area contributed by atoms with Crippen molar-refractivity contribution in [1.82, 2.24) is 19.5 Å². The molecule has 0 atom stereocenters. The molecule has 0 radical (unpaired) electrons. The van der Waals surface area contributed by atoms with Crippen LogP contribution in [0.3, 0.4) is 0 Å². The lowest BCUT2D eigenvalue weighted by Crippen LogP contribution is -2.16. The van der Waals surface area contributed by atoms with Crippen LogP contribution < -0.4 is 4.72 Å². The number of nitrogens with zero attached hydrogens (tertiary/aromatic N) is 4. The number of hydrogen-bond acceptors (Lipinski definition) is 5. The fourth-order valence-corrected chi connectivity index (χ4v) is 2.90. The van der Waals surface area contributed by atoms with Gasteiger partial charge in [-0.1, -0.05) is 0 Å². The van der Waals surface area contributed by atoms with Gasteiger partial charge in [-0.3, -0.25) is 9.29 Å². The van der Waals surface area contributed by atoms with Crippen molar-refractivity contribution in [1.29, 1.82) is 0 Å². The molecule has 0 saturated carbocycles. The average Bonchev–Trinajstić information content (AvgIpc) is 3.04. The molecule has 0 aliphatic heterocycles. The summed E-state index contributed by atoms with van der Waals surface area (Å²) in [4.78, 5) is 10.8. The number of hydrogen-bond donors (Lipinski definition) is 1. The van der Waals surface area contributed by atoms with E-state index in [2.05, 4.69) is 19.7 Å². The van der Waals surface area contributed by atoms with E-state index in [4.69, 9.17) is 0 Å². The Morgan fingerprint density at radius 1 is 1.13 bits per heavy atom. The molecular weight excluding hydrogens is 328 g/mol. The number of imidazole rings is 1. The summed E-state index contributed by atoms with van der Waals surface area (Å²) in [6.07, 6.45) is 5.73. The van der Waals surface area contributed by atoms with E-state index >= 15 is 0 Å². The topological polar surface area (TPSA) is 89.8 Å². The number of halogens is 2. The molecule has 0 spiro atoms. The second kappa shape index (κ2) is 5.72. The maximum Gasteiger partial charge on any atom is 0.266 e. The van der Waals surface area contributed by atoms with Crippen LogP contribution in [-0.4, -0.2) is 27.9 Å². The predicted octanol–water partition coefficient (Wildman–Crippen LogP) is 1.74. The Morgan fingerprint density at radius 2 is 1.96 bits per heavy atom. The summed E-state index contributed by atoms with van der Waals surface area (Å²) in [6, 6.07) is 3.49. The molecule has 1 N–H and O–H groups in total. The van der Waals surface area contributed by atoms with E-state index in [-0.39, 0.29) is 5.82 Å². The normalized spacial score (nSPS) is 11.4. The van der Waals surface area contributed by atoms with Crippen LogP contribution in [0.25, 0.3) is 5.82 Å². The van der Waals surface area contributed by atoms with Gasteiger partial charge in [-0.15, -0.1) is 0 Å². The molecule has 0 bridgehead atoms. The van der Waals surface area contributed by atoms with Crippen molar-refractivity contribution in [3.8, 4) is 5.82 Å².